The molecule has 0 aromatic heterocycles. The number of para-hydroxylation sites is 3. The van der Waals surface area contributed by atoms with E-state index in [1.807, 2.05) is 30.3 Å². The standard InChI is InChI=1S/C60H66N6/c61-52-33-28-50(29-34-52)60(49-26-22-46(23-27-49)42-65-55-14-8-3-9-15-55)57-38-51(32-37-58(57)62)59(47-24-20-45(21-25-47)41-64-54-12-6-2-7-13-54)48-30-35-56(36-31-48)66-40-44-18-16-43(17-19-44)39-63-53-10-4-1-5-11-53/h1-15,28-47,49,59-60H,16-27,61-62H2/b63-39+,64-41+,65-42+,66-40+. The zero-order valence-electron chi connectivity index (χ0n) is 38.4. The molecule has 336 valence electrons. The third-order valence-electron chi connectivity index (χ3n) is 14.8. The van der Waals surface area contributed by atoms with E-state index in [1.54, 1.807) is 0 Å². The molecule has 0 aliphatic heterocycles. The number of hydrogen-bond acceptors (Lipinski definition) is 6. The normalized spacial score (nSPS) is 23.7. The molecule has 6 aromatic carbocycles. The maximum absolute atomic E-state index is 7.10. The molecule has 0 amide bonds. The van der Waals surface area contributed by atoms with Crippen molar-refractivity contribution in [2.75, 3.05) is 11.5 Å². The molecule has 3 aliphatic carbocycles. The molecule has 3 aliphatic rings. The Labute approximate surface area is 393 Å². The summed E-state index contributed by atoms with van der Waals surface area (Å²) in [6.45, 7) is 0. The molecular formula is C60H66N6. The lowest BCUT2D eigenvalue weighted by Crippen LogP contribution is -2.24. The van der Waals surface area contributed by atoms with Crippen molar-refractivity contribution in [3.05, 3.63) is 180 Å². The highest BCUT2D eigenvalue weighted by atomic mass is 14.7. The molecule has 0 saturated heterocycles. The summed E-state index contributed by atoms with van der Waals surface area (Å²) in [5.74, 6) is 3.35. The molecule has 0 heterocycles. The van der Waals surface area contributed by atoms with Crippen molar-refractivity contribution < 1.29 is 0 Å². The summed E-state index contributed by atoms with van der Waals surface area (Å²) in [5, 5.41) is 0. The van der Waals surface area contributed by atoms with Crippen molar-refractivity contribution in [1.82, 2.24) is 0 Å². The third kappa shape index (κ3) is 11.9. The van der Waals surface area contributed by atoms with Gasteiger partial charge in [0.25, 0.3) is 0 Å². The predicted molar refractivity (Wildman–Crippen MR) is 280 cm³/mol. The van der Waals surface area contributed by atoms with Crippen molar-refractivity contribution in [3.63, 3.8) is 0 Å². The van der Waals surface area contributed by atoms with E-state index < -0.39 is 0 Å². The lowest BCUT2D eigenvalue weighted by atomic mass is 9.68. The summed E-state index contributed by atoms with van der Waals surface area (Å²) in [6, 6.07) is 55.7. The van der Waals surface area contributed by atoms with Crippen LogP contribution in [-0.4, -0.2) is 24.9 Å². The van der Waals surface area contributed by atoms with Crippen LogP contribution in [-0.2, 0) is 0 Å². The summed E-state index contributed by atoms with van der Waals surface area (Å²) in [5.41, 5.74) is 24.4. The minimum absolute atomic E-state index is 0.172. The van der Waals surface area contributed by atoms with E-state index in [1.165, 1.54) is 22.3 Å². The van der Waals surface area contributed by atoms with Crippen molar-refractivity contribution in [1.29, 1.82) is 0 Å². The predicted octanol–water partition coefficient (Wildman–Crippen LogP) is 15.4. The smallest absolute Gasteiger partial charge is 0.0626 e. The number of anilines is 2. The second kappa shape index (κ2) is 22.2. The van der Waals surface area contributed by atoms with E-state index in [2.05, 4.69) is 152 Å². The van der Waals surface area contributed by atoms with Crippen LogP contribution < -0.4 is 11.5 Å². The van der Waals surface area contributed by atoms with E-state index in [-0.39, 0.29) is 11.8 Å². The van der Waals surface area contributed by atoms with E-state index in [9.17, 15) is 0 Å². The molecule has 0 bridgehead atoms. The van der Waals surface area contributed by atoms with Crippen LogP contribution in [0.1, 0.15) is 111 Å². The number of aliphatic imine (C=N–C) groups is 4. The van der Waals surface area contributed by atoms with Crippen LogP contribution >= 0.6 is 0 Å². The fraction of sp³-hybridized carbons (Fsp3) is 0.333. The molecule has 2 unspecified atom stereocenters. The quantitative estimate of drug-likeness (QED) is 0.0841. The Morgan fingerprint density at radius 1 is 0.348 bits per heavy atom. The summed E-state index contributed by atoms with van der Waals surface area (Å²) in [4.78, 5) is 19.5. The van der Waals surface area contributed by atoms with Crippen molar-refractivity contribution >= 4 is 59.0 Å². The first-order valence-electron chi connectivity index (χ1n) is 24.7. The number of nitrogen functional groups attached to an aromatic ring is 2. The summed E-state index contributed by atoms with van der Waals surface area (Å²) >= 11 is 0. The number of nitrogens with zero attached hydrogens (tertiary/aromatic N) is 4. The van der Waals surface area contributed by atoms with E-state index in [0.29, 0.717) is 35.5 Å². The van der Waals surface area contributed by atoms with E-state index in [4.69, 9.17) is 31.4 Å². The minimum atomic E-state index is 0.172. The Morgan fingerprint density at radius 2 is 0.682 bits per heavy atom. The van der Waals surface area contributed by atoms with Gasteiger partial charge in [-0.05, 0) is 202 Å². The van der Waals surface area contributed by atoms with Gasteiger partial charge in [0, 0.05) is 48.1 Å². The molecular weight excluding hydrogens is 805 g/mol. The average molecular weight is 871 g/mol. The highest BCUT2D eigenvalue weighted by molar-refractivity contribution is 5.69. The summed E-state index contributed by atoms with van der Waals surface area (Å²) in [6.07, 6.45) is 22.4. The highest BCUT2D eigenvalue weighted by Crippen LogP contribution is 2.47. The molecule has 3 saturated carbocycles. The van der Waals surface area contributed by atoms with Gasteiger partial charge in [-0.15, -0.1) is 0 Å². The van der Waals surface area contributed by atoms with Gasteiger partial charge in [-0.25, -0.2) is 0 Å². The molecule has 4 N–H and O–H groups in total. The first-order valence-corrected chi connectivity index (χ1v) is 24.7. The molecule has 3 fully saturated rings. The fourth-order valence-electron chi connectivity index (χ4n) is 11.0. The van der Waals surface area contributed by atoms with Gasteiger partial charge in [-0.3, -0.25) is 20.0 Å². The van der Waals surface area contributed by atoms with Crippen LogP contribution in [0.25, 0.3) is 0 Å². The maximum atomic E-state index is 7.10. The molecule has 0 radical (unpaired) electrons. The van der Waals surface area contributed by atoms with Crippen LogP contribution in [0.5, 0.6) is 0 Å². The Balaban J connectivity index is 0.951. The minimum Gasteiger partial charge on any atom is -0.399 e. The number of hydrogen-bond donors (Lipinski definition) is 2. The van der Waals surface area contributed by atoms with Gasteiger partial charge < -0.3 is 11.5 Å². The SMILES string of the molecule is Nc1ccc(C(c2cc(C(c3ccc(/N=C/C4CCC(/C=N/c5ccccc5)CC4)cc3)C3CCC(/C=N/c4ccccc4)CC3)ccc2N)C2CCC(/C=N/c3ccccc3)CC2)cc1. The number of benzene rings is 6. The molecule has 6 aromatic rings. The maximum Gasteiger partial charge on any atom is 0.0626 e. The largest absolute Gasteiger partial charge is 0.399 e. The van der Waals surface area contributed by atoms with Gasteiger partial charge in [-0.2, -0.15) is 0 Å². The van der Waals surface area contributed by atoms with Gasteiger partial charge in [0.05, 0.1) is 22.7 Å². The van der Waals surface area contributed by atoms with Crippen molar-refractivity contribution in [2.45, 2.75) is 88.9 Å². The second-order valence-electron chi connectivity index (χ2n) is 19.2. The van der Waals surface area contributed by atoms with Gasteiger partial charge in [0.2, 0.25) is 0 Å². The topological polar surface area (TPSA) is 101 Å². The molecule has 0 spiro atoms. The van der Waals surface area contributed by atoms with Crippen LogP contribution in [0.15, 0.2) is 178 Å². The Hall–Kier alpha value is -6.40. The monoisotopic (exact) mass is 871 g/mol. The zero-order chi connectivity index (χ0) is 44.9. The fourth-order valence-corrected chi connectivity index (χ4v) is 11.0. The third-order valence-corrected chi connectivity index (χ3v) is 14.8. The first kappa shape index (κ1) is 44.8. The molecule has 66 heavy (non-hydrogen) atoms. The van der Waals surface area contributed by atoms with E-state index >= 15 is 0 Å². The zero-order valence-corrected chi connectivity index (χ0v) is 38.4. The summed E-state index contributed by atoms with van der Waals surface area (Å²) < 4.78 is 0. The number of nitrogens with two attached hydrogens (primary N) is 2. The van der Waals surface area contributed by atoms with Gasteiger partial charge >= 0.3 is 0 Å². The van der Waals surface area contributed by atoms with Crippen LogP contribution in [0.4, 0.5) is 34.1 Å². The Morgan fingerprint density at radius 3 is 1.11 bits per heavy atom. The van der Waals surface area contributed by atoms with Crippen molar-refractivity contribution in [2.24, 2.45) is 55.5 Å². The lowest BCUT2D eigenvalue weighted by Gasteiger charge is -2.36. The average Bonchev–Trinajstić information content (AvgIpc) is 3.38. The Kier molecular flexibility index (Phi) is 15.1. The molecule has 6 nitrogen and oxygen atoms in total. The second-order valence-corrected chi connectivity index (χ2v) is 19.2. The highest BCUT2D eigenvalue weighted by Gasteiger charge is 2.34. The molecule has 6 heteroatoms. The van der Waals surface area contributed by atoms with Crippen LogP contribution in [0.3, 0.4) is 0 Å². The lowest BCUT2D eigenvalue weighted by molar-refractivity contribution is 0.296. The van der Waals surface area contributed by atoms with Gasteiger partial charge in [0.1, 0.15) is 0 Å². The first-order chi connectivity index (χ1) is 32.5. The van der Waals surface area contributed by atoms with Gasteiger partial charge in [-0.1, -0.05) is 91.0 Å². The van der Waals surface area contributed by atoms with Crippen LogP contribution in [0.2, 0.25) is 0 Å². The van der Waals surface area contributed by atoms with E-state index in [0.717, 1.165) is 111 Å². The Bertz CT molecular complexity index is 2520. The number of rotatable bonds is 14. The van der Waals surface area contributed by atoms with Gasteiger partial charge in [0.15, 0.2) is 0 Å². The molecule has 9 rings (SSSR count). The summed E-state index contributed by atoms with van der Waals surface area (Å²) in [7, 11) is 0. The van der Waals surface area contributed by atoms with Crippen LogP contribution in [0, 0.1) is 35.5 Å². The van der Waals surface area contributed by atoms with Crippen molar-refractivity contribution in [3.8, 4) is 0 Å². The molecule has 2 atom stereocenters.